The molecule has 2 heteroatoms. The van der Waals surface area contributed by atoms with E-state index in [1.54, 1.807) is 13.8 Å². The first-order valence-electron chi connectivity index (χ1n) is 12.2. The van der Waals surface area contributed by atoms with Gasteiger partial charge in [-0.1, -0.05) is 128 Å². The van der Waals surface area contributed by atoms with Gasteiger partial charge in [0.2, 0.25) is 0 Å². The van der Waals surface area contributed by atoms with E-state index in [4.69, 9.17) is 5.11 Å². The number of hydrogen-bond acceptors (Lipinski definition) is 2. The van der Waals surface area contributed by atoms with E-state index in [0.29, 0.717) is 0 Å². The average molecular weight is 425 g/mol. The van der Waals surface area contributed by atoms with Gasteiger partial charge in [0, 0.05) is 6.10 Å². The zero-order valence-corrected chi connectivity index (χ0v) is 22.3. The van der Waals surface area contributed by atoms with Crippen molar-refractivity contribution in [2.24, 2.45) is 5.92 Å². The molecule has 0 aromatic heterocycles. The molecule has 0 atom stereocenters. The zero-order chi connectivity index (χ0) is 24.2. The molecule has 0 heterocycles. The molecule has 1 rings (SSSR count). The molecule has 1 aromatic carbocycles. The van der Waals surface area contributed by atoms with Crippen LogP contribution in [0.1, 0.15) is 126 Å². The van der Waals surface area contributed by atoms with Crippen LogP contribution in [0, 0.1) is 12.8 Å². The number of carbonyl (C=O) groups is 1. The SMILES string of the molecule is CC(C)=O.CC(C)O.CCCCCC(C)C.CCCCCCC.Cc1ccccc1. The van der Waals surface area contributed by atoms with E-state index < -0.39 is 0 Å². The van der Waals surface area contributed by atoms with Crippen LogP contribution in [0.3, 0.4) is 0 Å². The van der Waals surface area contributed by atoms with Crippen LogP contribution < -0.4 is 0 Å². The Labute approximate surface area is 190 Å². The normalized spacial score (nSPS) is 9.10. The van der Waals surface area contributed by atoms with Gasteiger partial charge in [-0.15, -0.1) is 0 Å². The van der Waals surface area contributed by atoms with Crippen LogP contribution in [0.2, 0.25) is 0 Å². The summed E-state index contributed by atoms with van der Waals surface area (Å²) in [5.74, 6) is 1.07. The molecule has 1 aromatic rings. The molecule has 180 valence electrons. The lowest BCUT2D eigenvalue weighted by atomic mass is 10.1. The van der Waals surface area contributed by atoms with Crippen LogP contribution in [-0.2, 0) is 4.79 Å². The number of rotatable bonds is 8. The minimum absolute atomic E-state index is 0.167. The van der Waals surface area contributed by atoms with E-state index >= 15 is 0 Å². The Morgan fingerprint density at radius 3 is 1.33 bits per heavy atom. The maximum Gasteiger partial charge on any atom is 0.126 e. The predicted molar refractivity (Wildman–Crippen MR) is 138 cm³/mol. The van der Waals surface area contributed by atoms with Gasteiger partial charge in [-0.2, -0.15) is 0 Å². The lowest BCUT2D eigenvalue weighted by Crippen LogP contribution is -1.85. The monoisotopic (exact) mass is 424 g/mol. The minimum Gasteiger partial charge on any atom is -0.394 e. The number of aryl methyl sites for hydroxylation is 1. The van der Waals surface area contributed by atoms with Crippen LogP contribution in [0.4, 0.5) is 0 Å². The Hall–Kier alpha value is -1.15. The van der Waals surface area contributed by atoms with Crippen LogP contribution in [0.15, 0.2) is 30.3 Å². The molecule has 1 N–H and O–H groups in total. The van der Waals surface area contributed by atoms with E-state index in [2.05, 4.69) is 53.7 Å². The molecule has 0 aliphatic heterocycles. The quantitative estimate of drug-likeness (QED) is 0.422. The molecule has 0 fully saturated rings. The third kappa shape index (κ3) is 71.4. The zero-order valence-electron chi connectivity index (χ0n) is 22.3. The van der Waals surface area contributed by atoms with Crippen LogP contribution in [0.5, 0.6) is 0 Å². The van der Waals surface area contributed by atoms with Gasteiger partial charge < -0.3 is 9.90 Å². The number of hydrogen-bond donors (Lipinski definition) is 1. The number of ketones is 1. The summed E-state index contributed by atoms with van der Waals surface area (Å²) >= 11 is 0. The Kier molecular flexibility index (Phi) is 39.3. The molecule has 0 unspecified atom stereocenters. The summed E-state index contributed by atoms with van der Waals surface area (Å²) < 4.78 is 0. The molecule has 2 nitrogen and oxygen atoms in total. The van der Waals surface area contributed by atoms with Crippen molar-refractivity contribution in [2.45, 2.75) is 133 Å². The van der Waals surface area contributed by atoms with E-state index in [0.717, 1.165) is 5.92 Å². The molecule has 0 aliphatic rings. The molecular formula is C28H56O2. The summed E-state index contributed by atoms with van der Waals surface area (Å²) in [5, 5.41) is 8.06. The highest BCUT2D eigenvalue weighted by molar-refractivity contribution is 5.72. The number of aliphatic hydroxyl groups is 1. The molecule has 0 radical (unpaired) electrons. The highest BCUT2D eigenvalue weighted by Gasteiger charge is 1.90. The smallest absolute Gasteiger partial charge is 0.126 e. The molecular weight excluding hydrogens is 368 g/mol. The van der Waals surface area contributed by atoms with Crippen molar-refractivity contribution in [3.8, 4) is 0 Å². The van der Waals surface area contributed by atoms with Crippen molar-refractivity contribution < 1.29 is 9.90 Å². The summed E-state index contributed by atoms with van der Waals surface area (Å²) in [4.78, 5) is 9.44. The average Bonchev–Trinajstić information content (AvgIpc) is 2.63. The molecule has 0 amide bonds. The highest BCUT2D eigenvalue weighted by Crippen LogP contribution is 2.06. The first-order valence-corrected chi connectivity index (χ1v) is 12.2. The Morgan fingerprint density at radius 1 is 0.767 bits per heavy atom. The fraction of sp³-hybridized carbons (Fsp3) is 0.750. The van der Waals surface area contributed by atoms with E-state index in [1.165, 1.54) is 77.2 Å². The standard InChI is InChI=1S/C8H18.C7H8.C7H16.C3H8O.C3H6O/c1-4-5-6-7-8(2)3;1-7-5-3-2-4-6-7;1-3-5-7-6-4-2;2*1-3(2)4/h8H,4-7H2,1-3H3;2-6H,1H3;3-7H2,1-2H3;3-4H,1-2H3;1-2H3. The second-order valence-corrected chi connectivity index (χ2v) is 8.61. The molecule has 30 heavy (non-hydrogen) atoms. The first-order chi connectivity index (χ1) is 14.0. The van der Waals surface area contributed by atoms with Gasteiger partial charge in [0.1, 0.15) is 5.78 Å². The predicted octanol–water partition coefficient (Wildman–Crippen LogP) is 9.18. The number of aliphatic hydroxyl groups excluding tert-OH is 1. The van der Waals surface area contributed by atoms with Crippen molar-refractivity contribution in [3.05, 3.63) is 35.9 Å². The van der Waals surface area contributed by atoms with Gasteiger partial charge in [-0.05, 0) is 40.5 Å². The lowest BCUT2D eigenvalue weighted by Gasteiger charge is -2.00. The second-order valence-electron chi connectivity index (χ2n) is 8.61. The van der Waals surface area contributed by atoms with Gasteiger partial charge in [-0.25, -0.2) is 0 Å². The van der Waals surface area contributed by atoms with Crippen LogP contribution in [0.25, 0.3) is 0 Å². The Morgan fingerprint density at radius 2 is 1.10 bits per heavy atom. The van der Waals surface area contributed by atoms with Crippen molar-refractivity contribution in [1.82, 2.24) is 0 Å². The summed E-state index contributed by atoms with van der Waals surface area (Å²) in [6, 6.07) is 10.3. The third-order valence-corrected chi connectivity index (χ3v) is 3.53. The lowest BCUT2D eigenvalue weighted by molar-refractivity contribution is -0.114. The summed E-state index contributed by atoms with van der Waals surface area (Å²) in [5.41, 5.74) is 1.32. The largest absolute Gasteiger partial charge is 0.394 e. The summed E-state index contributed by atoms with van der Waals surface area (Å²) in [6.07, 6.45) is 12.4. The van der Waals surface area contributed by atoms with E-state index in [9.17, 15) is 4.79 Å². The Bertz CT molecular complexity index is 386. The van der Waals surface area contributed by atoms with E-state index in [-0.39, 0.29) is 11.9 Å². The minimum atomic E-state index is -0.167. The number of unbranched alkanes of at least 4 members (excludes halogenated alkanes) is 6. The van der Waals surface area contributed by atoms with Crippen LogP contribution in [-0.4, -0.2) is 17.0 Å². The highest BCUT2D eigenvalue weighted by atomic mass is 16.3. The second kappa shape index (κ2) is 32.5. The Balaban J connectivity index is -0.000000145. The fourth-order valence-electron chi connectivity index (χ4n) is 2.01. The van der Waals surface area contributed by atoms with Crippen molar-refractivity contribution >= 4 is 5.78 Å². The van der Waals surface area contributed by atoms with Gasteiger partial charge in [0.15, 0.2) is 0 Å². The topological polar surface area (TPSA) is 37.3 Å². The maximum atomic E-state index is 9.44. The van der Waals surface area contributed by atoms with E-state index in [1.807, 2.05) is 18.2 Å². The summed E-state index contributed by atoms with van der Waals surface area (Å²) in [7, 11) is 0. The fourth-order valence-corrected chi connectivity index (χ4v) is 2.01. The van der Waals surface area contributed by atoms with Gasteiger partial charge in [-0.3, -0.25) is 0 Å². The maximum absolute atomic E-state index is 9.44. The van der Waals surface area contributed by atoms with Crippen molar-refractivity contribution in [3.63, 3.8) is 0 Å². The van der Waals surface area contributed by atoms with Crippen molar-refractivity contribution in [2.75, 3.05) is 0 Å². The van der Waals surface area contributed by atoms with Gasteiger partial charge >= 0.3 is 0 Å². The van der Waals surface area contributed by atoms with Crippen molar-refractivity contribution in [1.29, 1.82) is 0 Å². The first kappa shape index (κ1) is 36.2. The summed E-state index contributed by atoms with van der Waals surface area (Å²) in [6.45, 7) is 19.9. The molecule has 0 aliphatic carbocycles. The molecule has 0 bridgehead atoms. The van der Waals surface area contributed by atoms with Crippen LogP contribution >= 0.6 is 0 Å². The molecule has 0 spiro atoms. The number of benzene rings is 1. The molecule has 0 saturated carbocycles. The number of carbonyl (C=O) groups excluding carboxylic acids is 1. The van der Waals surface area contributed by atoms with Gasteiger partial charge in [0.25, 0.3) is 0 Å². The van der Waals surface area contributed by atoms with Gasteiger partial charge in [0.05, 0.1) is 0 Å². The molecule has 0 saturated heterocycles. The number of Topliss-reactive ketones (excluding diaryl/α,β-unsaturated/α-hetero) is 1. The third-order valence-electron chi connectivity index (χ3n) is 3.53.